The van der Waals surface area contributed by atoms with Crippen LogP contribution in [0.25, 0.3) is 0 Å². The van der Waals surface area contributed by atoms with E-state index in [9.17, 15) is 10.2 Å². The number of ether oxygens (including phenoxy) is 2. The van der Waals surface area contributed by atoms with Crippen molar-refractivity contribution in [1.82, 2.24) is 0 Å². The van der Waals surface area contributed by atoms with Crippen LogP contribution in [0.2, 0.25) is 0 Å². The molecular formula is C13H26O4S2. The second-order valence-corrected chi connectivity index (χ2v) is 8.21. The molecule has 1 heterocycles. The second kappa shape index (κ2) is 7.52. The molecule has 0 amide bonds. The van der Waals surface area contributed by atoms with Gasteiger partial charge in [0.05, 0.1) is 10.7 Å². The van der Waals surface area contributed by atoms with E-state index < -0.39 is 30.2 Å². The van der Waals surface area contributed by atoms with E-state index in [0.717, 1.165) is 11.5 Å². The van der Waals surface area contributed by atoms with Crippen molar-refractivity contribution in [2.75, 3.05) is 11.5 Å². The summed E-state index contributed by atoms with van der Waals surface area (Å²) >= 11 is 3.41. The average Bonchev–Trinajstić information content (AvgIpc) is 2.64. The highest BCUT2D eigenvalue weighted by Gasteiger charge is 2.48. The zero-order chi connectivity index (χ0) is 14.6. The number of thioether (sulfide) groups is 2. The molecule has 6 heteroatoms. The van der Waals surface area contributed by atoms with Crippen LogP contribution in [0.15, 0.2) is 0 Å². The van der Waals surface area contributed by atoms with Crippen LogP contribution in [0, 0.1) is 0 Å². The van der Waals surface area contributed by atoms with E-state index in [-0.39, 0.29) is 4.58 Å². The van der Waals surface area contributed by atoms with Crippen LogP contribution >= 0.6 is 23.5 Å². The molecule has 1 rings (SSSR count). The minimum atomic E-state index is -0.758. The van der Waals surface area contributed by atoms with Gasteiger partial charge in [-0.25, -0.2) is 0 Å². The lowest BCUT2D eigenvalue weighted by molar-refractivity contribution is -0.159. The molecule has 0 unspecified atom stereocenters. The van der Waals surface area contributed by atoms with Gasteiger partial charge in [-0.2, -0.15) is 0 Å². The smallest absolute Gasteiger partial charge is 0.164 e. The third-order valence-corrected chi connectivity index (χ3v) is 5.61. The fourth-order valence-electron chi connectivity index (χ4n) is 2.18. The van der Waals surface area contributed by atoms with Crippen LogP contribution in [-0.2, 0) is 9.47 Å². The van der Waals surface area contributed by atoms with Crippen molar-refractivity contribution >= 4 is 23.5 Å². The van der Waals surface area contributed by atoms with Crippen LogP contribution < -0.4 is 0 Å². The van der Waals surface area contributed by atoms with Gasteiger partial charge in [0.25, 0.3) is 0 Å². The Morgan fingerprint density at radius 2 is 1.53 bits per heavy atom. The molecule has 0 radical (unpaired) electrons. The van der Waals surface area contributed by atoms with Crippen LogP contribution in [0.5, 0.6) is 0 Å². The molecule has 0 aromatic carbocycles. The molecule has 0 saturated carbocycles. The Kier molecular flexibility index (Phi) is 6.96. The maximum Gasteiger partial charge on any atom is 0.164 e. The molecule has 1 aliphatic heterocycles. The van der Waals surface area contributed by atoms with Crippen LogP contribution in [0.3, 0.4) is 0 Å². The fourth-order valence-corrected chi connectivity index (χ4v) is 4.75. The SMILES string of the molecule is CCSC(SCC)[C@H](O)[C@@H]1OC(C)(C)O[C@H]1[C@H](C)O. The largest absolute Gasteiger partial charge is 0.391 e. The molecular weight excluding hydrogens is 284 g/mol. The van der Waals surface area contributed by atoms with Gasteiger partial charge in [-0.15, -0.1) is 23.5 Å². The van der Waals surface area contributed by atoms with E-state index in [2.05, 4.69) is 13.8 Å². The normalized spacial score (nSPS) is 29.7. The summed E-state index contributed by atoms with van der Waals surface area (Å²) in [5.74, 6) is 1.11. The Bertz CT molecular complexity index is 267. The Balaban J connectivity index is 2.79. The first-order valence-electron chi connectivity index (χ1n) is 6.77. The summed E-state index contributed by atoms with van der Waals surface area (Å²) in [6.07, 6.45) is -2.29. The molecule has 114 valence electrons. The lowest BCUT2D eigenvalue weighted by atomic mass is 10.1. The van der Waals surface area contributed by atoms with Gasteiger partial charge in [-0.05, 0) is 32.3 Å². The number of rotatable bonds is 7. The van der Waals surface area contributed by atoms with Gasteiger partial charge < -0.3 is 19.7 Å². The quantitative estimate of drug-likeness (QED) is 0.702. The minimum absolute atomic E-state index is 0.0405. The molecule has 4 atom stereocenters. The summed E-state index contributed by atoms with van der Waals surface area (Å²) in [5, 5.41) is 20.4. The molecule has 0 bridgehead atoms. The Hall–Kier alpha value is 0.540. The summed E-state index contributed by atoms with van der Waals surface area (Å²) in [6.45, 7) is 9.43. The molecule has 2 N–H and O–H groups in total. The van der Waals surface area contributed by atoms with E-state index in [0.29, 0.717) is 0 Å². The zero-order valence-corrected chi connectivity index (χ0v) is 14.0. The molecule has 1 saturated heterocycles. The van der Waals surface area contributed by atoms with Gasteiger partial charge in [0.15, 0.2) is 5.79 Å². The predicted octanol–water partition coefficient (Wildman–Crippen LogP) is 2.08. The first-order valence-corrected chi connectivity index (χ1v) is 8.87. The molecule has 19 heavy (non-hydrogen) atoms. The van der Waals surface area contributed by atoms with E-state index in [1.807, 2.05) is 13.8 Å². The zero-order valence-electron chi connectivity index (χ0n) is 12.3. The Labute approximate surface area is 124 Å². The first-order chi connectivity index (χ1) is 8.82. The van der Waals surface area contributed by atoms with Crippen molar-refractivity contribution < 1.29 is 19.7 Å². The van der Waals surface area contributed by atoms with Crippen molar-refractivity contribution in [3.05, 3.63) is 0 Å². The van der Waals surface area contributed by atoms with Crippen molar-refractivity contribution in [3.63, 3.8) is 0 Å². The Morgan fingerprint density at radius 1 is 1.05 bits per heavy atom. The third-order valence-electron chi connectivity index (χ3n) is 2.92. The van der Waals surface area contributed by atoms with Crippen molar-refractivity contribution in [3.8, 4) is 0 Å². The van der Waals surface area contributed by atoms with E-state index in [4.69, 9.17) is 9.47 Å². The van der Waals surface area contributed by atoms with Gasteiger partial charge in [-0.1, -0.05) is 13.8 Å². The van der Waals surface area contributed by atoms with Gasteiger partial charge in [0.2, 0.25) is 0 Å². The van der Waals surface area contributed by atoms with E-state index >= 15 is 0 Å². The first kappa shape index (κ1) is 17.6. The molecule has 0 aromatic heterocycles. The minimum Gasteiger partial charge on any atom is -0.391 e. The van der Waals surface area contributed by atoms with Crippen molar-refractivity contribution in [2.24, 2.45) is 0 Å². The second-order valence-electron chi connectivity index (χ2n) is 5.08. The summed E-state index contributed by atoms with van der Waals surface area (Å²) in [4.78, 5) is 0. The third kappa shape index (κ3) is 4.79. The molecule has 0 spiro atoms. The lowest BCUT2D eigenvalue weighted by Crippen LogP contribution is -2.45. The topological polar surface area (TPSA) is 58.9 Å². The summed E-state index contributed by atoms with van der Waals surface area (Å²) in [6, 6.07) is 0. The highest BCUT2D eigenvalue weighted by Crippen LogP contribution is 2.37. The van der Waals surface area contributed by atoms with Crippen molar-refractivity contribution in [2.45, 2.75) is 69.4 Å². The Morgan fingerprint density at radius 3 is 1.95 bits per heavy atom. The standard InChI is InChI=1S/C13H26O4S2/c1-6-18-12(19-7-2)9(15)11-10(8(3)14)16-13(4,5)17-11/h8-12,14-15H,6-7H2,1-5H3/t8-,9+,10-,11-/m0/s1. The summed E-state index contributed by atoms with van der Waals surface area (Å²) in [7, 11) is 0. The average molecular weight is 310 g/mol. The van der Waals surface area contributed by atoms with Gasteiger partial charge in [0.1, 0.15) is 18.3 Å². The van der Waals surface area contributed by atoms with Gasteiger partial charge >= 0.3 is 0 Å². The van der Waals surface area contributed by atoms with Gasteiger partial charge in [-0.3, -0.25) is 0 Å². The van der Waals surface area contributed by atoms with Crippen LogP contribution in [0.1, 0.15) is 34.6 Å². The molecule has 1 fully saturated rings. The number of aliphatic hydroxyl groups is 2. The van der Waals surface area contributed by atoms with E-state index in [1.165, 1.54) is 0 Å². The maximum absolute atomic E-state index is 10.6. The molecule has 0 aliphatic carbocycles. The summed E-state index contributed by atoms with van der Waals surface area (Å²) in [5.41, 5.74) is 0. The fraction of sp³-hybridized carbons (Fsp3) is 1.00. The number of aliphatic hydroxyl groups excluding tert-OH is 2. The lowest BCUT2D eigenvalue weighted by Gasteiger charge is -2.29. The van der Waals surface area contributed by atoms with E-state index in [1.54, 1.807) is 30.4 Å². The number of hydrogen-bond acceptors (Lipinski definition) is 6. The predicted molar refractivity (Wildman–Crippen MR) is 81.6 cm³/mol. The molecule has 0 aromatic rings. The highest BCUT2D eigenvalue weighted by molar-refractivity contribution is 8.17. The molecule has 4 nitrogen and oxygen atoms in total. The molecule has 1 aliphatic rings. The van der Waals surface area contributed by atoms with Crippen LogP contribution in [-0.4, -0.2) is 56.5 Å². The maximum atomic E-state index is 10.6. The number of hydrogen-bond donors (Lipinski definition) is 2. The van der Waals surface area contributed by atoms with Gasteiger partial charge in [0, 0.05) is 0 Å². The van der Waals surface area contributed by atoms with Crippen LogP contribution in [0.4, 0.5) is 0 Å². The summed E-state index contributed by atoms with van der Waals surface area (Å²) < 4.78 is 11.5. The van der Waals surface area contributed by atoms with Crippen molar-refractivity contribution in [1.29, 1.82) is 0 Å². The highest BCUT2D eigenvalue weighted by atomic mass is 32.2. The monoisotopic (exact) mass is 310 g/mol.